The normalized spacial score (nSPS) is 21.0. The Balaban J connectivity index is 1.48. The largest absolute Gasteiger partial charge is 0.481 e. The number of carboxylic acids is 1. The lowest BCUT2D eigenvalue weighted by molar-refractivity contribution is -0.143. The number of anilines is 2. The highest BCUT2D eigenvalue weighted by Gasteiger charge is 2.38. The van der Waals surface area contributed by atoms with Crippen molar-refractivity contribution in [3.8, 4) is 11.8 Å². The monoisotopic (exact) mass is 597 g/mol. The zero-order valence-corrected chi connectivity index (χ0v) is 22.5. The van der Waals surface area contributed by atoms with Crippen molar-refractivity contribution >= 4 is 51.9 Å². The Hall–Kier alpha value is -2.93. The van der Waals surface area contributed by atoms with Crippen molar-refractivity contribution in [2.45, 2.75) is 70.9 Å². The van der Waals surface area contributed by atoms with Crippen LogP contribution >= 0.6 is 22.6 Å². The Bertz CT molecular complexity index is 1320. The van der Waals surface area contributed by atoms with Crippen LogP contribution < -0.4 is 4.90 Å². The van der Waals surface area contributed by atoms with Gasteiger partial charge in [0.1, 0.15) is 11.5 Å². The lowest BCUT2D eigenvalue weighted by atomic mass is 9.85. The number of carbonyl (C=O) groups excluding carboxylic acids is 2. The fourth-order valence-corrected chi connectivity index (χ4v) is 5.82. The number of pyridine rings is 1. The molecule has 186 valence electrons. The Kier molecular flexibility index (Phi) is 6.77. The quantitative estimate of drug-likeness (QED) is 0.380. The number of amides is 2. The van der Waals surface area contributed by atoms with Crippen LogP contribution in [0.15, 0.2) is 24.3 Å². The molecule has 2 saturated carbocycles. The summed E-state index contributed by atoms with van der Waals surface area (Å²) in [5.74, 6) is 4.57. The van der Waals surface area contributed by atoms with Crippen LogP contribution in [0.5, 0.6) is 0 Å². The van der Waals surface area contributed by atoms with Gasteiger partial charge in [-0.25, -0.2) is 4.98 Å². The molecule has 1 aromatic carbocycles. The number of fused-ring (bicyclic) bond motifs is 1. The van der Waals surface area contributed by atoms with Crippen molar-refractivity contribution in [3.05, 3.63) is 50.2 Å². The Morgan fingerprint density at radius 3 is 2.50 bits per heavy atom. The minimum absolute atomic E-state index is 0.00904. The first kappa shape index (κ1) is 24.8. The number of hydrogen-bond acceptors (Lipinski definition) is 4. The first-order chi connectivity index (χ1) is 17.3. The molecule has 8 heteroatoms. The zero-order chi connectivity index (χ0) is 25.6. The molecule has 2 fully saturated rings. The van der Waals surface area contributed by atoms with Crippen molar-refractivity contribution in [1.82, 2.24) is 9.88 Å². The van der Waals surface area contributed by atoms with E-state index in [-0.39, 0.29) is 23.8 Å². The molecule has 5 rings (SSSR count). The van der Waals surface area contributed by atoms with E-state index >= 15 is 0 Å². The van der Waals surface area contributed by atoms with E-state index in [0.29, 0.717) is 49.7 Å². The fraction of sp³-hybridized carbons (Fsp3) is 0.429. The molecular weight excluding hydrogens is 569 g/mol. The topological polar surface area (TPSA) is 90.8 Å². The lowest BCUT2D eigenvalue weighted by Crippen LogP contribution is -2.39. The van der Waals surface area contributed by atoms with E-state index in [1.54, 1.807) is 17.9 Å². The fourth-order valence-electron chi connectivity index (χ4n) is 5.33. The maximum absolute atomic E-state index is 13.4. The van der Waals surface area contributed by atoms with Gasteiger partial charge in [0.15, 0.2) is 0 Å². The molecule has 7 nitrogen and oxygen atoms in total. The number of rotatable bonds is 5. The van der Waals surface area contributed by atoms with Gasteiger partial charge >= 0.3 is 11.9 Å². The van der Waals surface area contributed by atoms with E-state index in [1.807, 2.05) is 24.0 Å². The van der Waals surface area contributed by atoms with Gasteiger partial charge in [0.25, 0.3) is 5.91 Å². The predicted octanol–water partition coefficient (Wildman–Crippen LogP) is 5.16. The number of nitrogens with zero attached hydrogens (tertiary/aromatic N) is 3. The standard InChI is InChI=1S/C28H28IN3O4/c1-3-4-25(33)32(23-13-16(2)22(29)14-21(23)17-5-6-17)24-12-9-19-15-31(27(34)26(19)30-24)20-10-7-18(8-11-20)28(35)36/h9,12-14,17-18,20H,5-8,10-11,15H2,1-2H3,(H,35,36). The third-order valence-corrected chi connectivity index (χ3v) is 8.65. The number of carbonyl (C=O) groups is 3. The molecule has 0 saturated heterocycles. The van der Waals surface area contributed by atoms with Crippen LogP contribution in [0, 0.1) is 28.3 Å². The van der Waals surface area contributed by atoms with Crippen molar-refractivity contribution in [1.29, 1.82) is 0 Å². The van der Waals surface area contributed by atoms with E-state index in [9.17, 15) is 19.5 Å². The minimum atomic E-state index is -0.757. The molecule has 2 heterocycles. The number of aromatic nitrogens is 1. The van der Waals surface area contributed by atoms with Gasteiger partial charge in [-0.3, -0.25) is 19.3 Å². The SMILES string of the molecule is CC#CC(=O)N(c1ccc2c(n1)C(=O)N(C1CCC(C(=O)O)CC1)C2)c1cc(C)c(I)cc1C1CC1. The molecule has 36 heavy (non-hydrogen) atoms. The van der Waals surface area contributed by atoms with Gasteiger partial charge in [0.05, 0.1) is 11.6 Å². The minimum Gasteiger partial charge on any atom is -0.481 e. The Labute approximate surface area is 224 Å². The highest BCUT2D eigenvalue weighted by atomic mass is 127. The van der Waals surface area contributed by atoms with Crippen molar-refractivity contribution in [2.24, 2.45) is 5.92 Å². The smallest absolute Gasteiger partial charge is 0.308 e. The predicted molar refractivity (Wildman–Crippen MR) is 144 cm³/mol. The average Bonchev–Trinajstić information content (AvgIpc) is 3.65. The molecule has 1 aromatic heterocycles. The van der Waals surface area contributed by atoms with E-state index < -0.39 is 5.97 Å². The molecule has 0 radical (unpaired) electrons. The zero-order valence-electron chi connectivity index (χ0n) is 20.4. The molecule has 2 amide bonds. The second-order valence-electron chi connectivity index (χ2n) is 9.90. The van der Waals surface area contributed by atoms with Crippen LogP contribution in [0.25, 0.3) is 0 Å². The summed E-state index contributed by atoms with van der Waals surface area (Å²) in [6.45, 7) is 4.11. The third kappa shape index (κ3) is 4.61. The molecule has 1 N–H and O–H groups in total. The van der Waals surface area contributed by atoms with E-state index in [2.05, 4.69) is 40.5 Å². The summed E-state index contributed by atoms with van der Waals surface area (Å²) in [6.07, 6.45) is 4.67. The van der Waals surface area contributed by atoms with Crippen LogP contribution in [0.4, 0.5) is 11.5 Å². The van der Waals surface area contributed by atoms with Gasteiger partial charge < -0.3 is 10.0 Å². The molecule has 0 bridgehead atoms. The van der Waals surface area contributed by atoms with Crippen LogP contribution in [-0.4, -0.2) is 38.8 Å². The van der Waals surface area contributed by atoms with Gasteiger partial charge in [-0.05, 0) is 116 Å². The average molecular weight is 597 g/mol. The molecule has 0 atom stereocenters. The van der Waals surface area contributed by atoms with Crippen molar-refractivity contribution in [2.75, 3.05) is 4.90 Å². The van der Waals surface area contributed by atoms with Crippen LogP contribution in [0.2, 0.25) is 0 Å². The summed E-state index contributed by atoms with van der Waals surface area (Å²) in [5, 5.41) is 9.30. The molecule has 1 aliphatic heterocycles. The van der Waals surface area contributed by atoms with Crippen LogP contribution in [0.3, 0.4) is 0 Å². The molecular formula is C28H28IN3O4. The Morgan fingerprint density at radius 2 is 1.86 bits per heavy atom. The summed E-state index contributed by atoms with van der Waals surface area (Å²) in [6, 6.07) is 7.87. The molecule has 0 unspecified atom stereocenters. The maximum Gasteiger partial charge on any atom is 0.308 e. The number of benzene rings is 1. The van der Waals surface area contributed by atoms with Crippen LogP contribution in [-0.2, 0) is 16.1 Å². The van der Waals surface area contributed by atoms with E-state index in [0.717, 1.165) is 38.8 Å². The molecule has 2 aromatic rings. The van der Waals surface area contributed by atoms with E-state index in [1.165, 1.54) is 0 Å². The second-order valence-corrected chi connectivity index (χ2v) is 11.1. The van der Waals surface area contributed by atoms with Crippen molar-refractivity contribution in [3.63, 3.8) is 0 Å². The van der Waals surface area contributed by atoms with Crippen LogP contribution in [0.1, 0.15) is 78.5 Å². The van der Waals surface area contributed by atoms with Crippen molar-refractivity contribution < 1.29 is 19.5 Å². The highest BCUT2D eigenvalue weighted by Crippen LogP contribution is 2.47. The van der Waals surface area contributed by atoms with Gasteiger partial charge in [-0.2, -0.15) is 0 Å². The molecule has 3 aliphatic rings. The second kappa shape index (κ2) is 9.85. The summed E-state index contributed by atoms with van der Waals surface area (Å²) in [4.78, 5) is 46.1. The first-order valence-electron chi connectivity index (χ1n) is 12.4. The number of carboxylic acid groups (broad SMARTS) is 1. The summed E-state index contributed by atoms with van der Waals surface area (Å²) in [5.41, 5.74) is 4.16. The Morgan fingerprint density at radius 1 is 1.14 bits per heavy atom. The van der Waals surface area contributed by atoms with Gasteiger partial charge in [0, 0.05) is 21.7 Å². The number of halogens is 1. The van der Waals surface area contributed by atoms with Gasteiger partial charge in [-0.1, -0.05) is 12.0 Å². The third-order valence-electron chi connectivity index (χ3n) is 7.49. The first-order valence-corrected chi connectivity index (χ1v) is 13.5. The lowest BCUT2D eigenvalue weighted by Gasteiger charge is -2.33. The summed E-state index contributed by atoms with van der Waals surface area (Å²) >= 11 is 2.32. The number of aliphatic carboxylic acids is 1. The van der Waals surface area contributed by atoms with Gasteiger partial charge in [-0.15, -0.1) is 0 Å². The van der Waals surface area contributed by atoms with Gasteiger partial charge in [0.2, 0.25) is 0 Å². The molecule has 0 spiro atoms. The maximum atomic E-state index is 13.4. The molecule has 2 aliphatic carbocycles. The number of hydrogen-bond donors (Lipinski definition) is 1. The summed E-state index contributed by atoms with van der Waals surface area (Å²) in [7, 11) is 0. The number of aryl methyl sites for hydroxylation is 1. The van der Waals surface area contributed by atoms with E-state index in [4.69, 9.17) is 4.98 Å². The highest BCUT2D eigenvalue weighted by molar-refractivity contribution is 14.1. The summed E-state index contributed by atoms with van der Waals surface area (Å²) < 4.78 is 1.15.